The Morgan fingerprint density at radius 2 is 1.82 bits per heavy atom. The van der Waals surface area contributed by atoms with Crippen LogP contribution in [0.2, 0.25) is 5.02 Å². The van der Waals surface area contributed by atoms with Gasteiger partial charge in [0.25, 0.3) is 0 Å². The summed E-state index contributed by atoms with van der Waals surface area (Å²) in [5, 5.41) is 21.3. The summed E-state index contributed by atoms with van der Waals surface area (Å²) in [6, 6.07) is 7.77. The highest BCUT2D eigenvalue weighted by molar-refractivity contribution is 6.30. The first-order valence-electron chi connectivity index (χ1n) is 10.7. The molecule has 0 aromatic heterocycles. The van der Waals surface area contributed by atoms with Crippen molar-refractivity contribution in [1.82, 2.24) is 4.90 Å². The molecule has 1 aromatic rings. The van der Waals surface area contributed by atoms with Crippen molar-refractivity contribution in [3.63, 3.8) is 0 Å². The summed E-state index contributed by atoms with van der Waals surface area (Å²) < 4.78 is 0. The molecule has 6 heteroatoms. The van der Waals surface area contributed by atoms with Crippen molar-refractivity contribution in [1.29, 1.82) is 0 Å². The van der Waals surface area contributed by atoms with Crippen LogP contribution in [0.3, 0.4) is 0 Å². The Kier molecular flexibility index (Phi) is 6.14. The average molecular weight is 407 g/mol. The van der Waals surface area contributed by atoms with Crippen molar-refractivity contribution in [2.24, 2.45) is 11.8 Å². The molecule has 5 nitrogen and oxygen atoms in total. The normalized spacial score (nSPS) is 29.1. The molecule has 2 N–H and O–H groups in total. The van der Waals surface area contributed by atoms with Gasteiger partial charge in [0.15, 0.2) is 0 Å². The first kappa shape index (κ1) is 20.0. The van der Waals surface area contributed by atoms with Gasteiger partial charge in [-0.3, -0.25) is 9.69 Å². The Morgan fingerprint density at radius 3 is 2.46 bits per heavy atom. The van der Waals surface area contributed by atoms with Gasteiger partial charge < -0.3 is 15.1 Å². The lowest BCUT2D eigenvalue weighted by Crippen LogP contribution is -2.54. The third kappa shape index (κ3) is 4.64. The summed E-state index contributed by atoms with van der Waals surface area (Å²) in [6.07, 6.45) is 7.28. The topological polar surface area (TPSA) is 64.0 Å². The van der Waals surface area contributed by atoms with Crippen LogP contribution in [-0.4, -0.2) is 58.9 Å². The summed E-state index contributed by atoms with van der Waals surface area (Å²) in [5.74, 6) is 0.389. The van der Waals surface area contributed by atoms with Gasteiger partial charge in [0.1, 0.15) is 6.04 Å². The molecule has 1 heterocycles. The number of aliphatic hydroxyl groups is 1. The molecule has 154 valence electrons. The summed E-state index contributed by atoms with van der Waals surface area (Å²) in [4.78, 5) is 16.2. The molecule has 0 unspecified atom stereocenters. The monoisotopic (exact) mass is 406 g/mol. The van der Waals surface area contributed by atoms with Crippen LogP contribution < -0.4 is 4.90 Å². The van der Waals surface area contributed by atoms with E-state index in [0.29, 0.717) is 36.0 Å². The fourth-order valence-electron chi connectivity index (χ4n) is 5.20. The Bertz CT molecular complexity index is 679. The zero-order chi connectivity index (χ0) is 19.7. The second-order valence-electron chi connectivity index (χ2n) is 8.86. The van der Waals surface area contributed by atoms with Crippen LogP contribution in [0.25, 0.3) is 0 Å². The number of aliphatic hydroxyl groups excluding tert-OH is 1. The van der Waals surface area contributed by atoms with Crippen molar-refractivity contribution in [2.45, 2.75) is 63.1 Å². The lowest BCUT2D eigenvalue weighted by Gasteiger charge is -2.45. The van der Waals surface area contributed by atoms with Gasteiger partial charge in [0.05, 0.1) is 6.10 Å². The van der Waals surface area contributed by atoms with Crippen molar-refractivity contribution < 1.29 is 15.0 Å². The van der Waals surface area contributed by atoms with Crippen LogP contribution >= 0.6 is 11.6 Å². The molecule has 0 radical (unpaired) electrons. The quantitative estimate of drug-likeness (QED) is 0.723. The Balaban J connectivity index is 1.41. The molecule has 4 rings (SSSR count). The van der Waals surface area contributed by atoms with Crippen LogP contribution in [0.5, 0.6) is 0 Å². The van der Waals surface area contributed by atoms with Crippen molar-refractivity contribution >= 4 is 23.3 Å². The van der Waals surface area contributed by atoms with E-state index in [1.807, 2.05) is 29.2 Å². The van der Waals surface area contributed by atoms with Crippen LogP contribution in [0, 0.1) is 11.8 Å². The molecule has 0 amide bonds. The third-order valence-corrected chi connectivity index (χ3v) is 7.04. The number of hydrogen-bond donors (Lipinski definition) is 2. The van der Waals surface area contributed by atoms with Gasteiger partial charge in [0.2, 0.25) is 0 Å². The SMILES string of the molecule is O=C(O)[C@@H]1C[C@@H]2CCCC[C@@H]2CN1C[C@@H](O)CN(c1ccc(Cl)cc1)C1CC1. The van der Waals surface area contributed by atoms with Crippen molar-refractivity contribution in [3.8, 4) is 0 Å². The fourth-order valence-corrected chi connectivity index (χ4v) is 5.32. The molecule has 2 aliphatic carbocycles. The van der Waals surface area contributed by atoms with Crippen molar-refractivity contribution in [2.75, 3.05) is 24.5 Å². The number of piperidine rings is 1. The number of carbonyl (C=O) groups is 1. The molecule has 1 aliphatic heterocycles. The largest absolute Gasteiger partial charge is 0.480 e. The molecule has 0 bridgehead atoms. The highest BCUT2D eigenvalue weighted by Crippen LogP contribution is 2.39. The molecule has 28 heavy (non-hydrogen) atoms. The van der Waals surface area contributed by atoms with Crippen LogP contribution in [0.4, 0.5) is 5.69 Å². The maximum absolute atomic E-state index is 11.9. The second-order valence-corrected chi connectivity index (χ2v) is 9.30. The standard InChI is InChI=1S/C22H31ClN2O3/c23-17-5-7-18(8-6-17)25(19-9-10-19)14-20(26)13-24-12-16-4-2-1-3-15(16)11-21(24)22(27)28/h5-8,15-16,19-21,26H,1-4,9-14H2,(H,27,28)/t15-,16+,20+,21-/m0/s1. The van der Waals surface area contributed by atoms with E-state index in [0.717, 1.165) is 37.9 Å². The lowest BCUT2D eigenvalue weighted by molar-refractivity contribution is -0.147. The molecule has 0 spiro atoms. The Morgan fingerprint density at radius 1 is 1.14 bits per heavy atom. The van der Waals surface area contributed by atoms with Gasteiger partial charge in [-0.25, -0.2) is 0 Å². The number of carboxylic acid groups (broad SMARTS) is 1. The minimum absolute atomic E-state index is 0.428. The summed E-state index contributed by atoms with van der Waals surface area (Å²) in [5.41, 5.74) is 1.08. The number of likely N-dealkylation sites (tertiary alicyclic amines) is 1. The van der Waals surface area contributed by atoms with Gasteiger partial charge in [0, 0.05) is 36.4 Å². The maximum Gasteiger partial charge on any atom is 0.320 e. The lowest BCUT2D eigenvalue weighted by atomic mass is 9.73. The van der Waals surface area contributed by atoms with E-state index in [4.69, 9.17) is 11.6 Å². The highest BCUT2D eigenvalue weighted by Gasteiger charge is 2.40. The molecule has 3 fully saturated rings. The molecule has 3 aliphatic rings. The van der Waals surface area contributed by atoms with E-state index in [9.17, 15) is 15.0 Å². The number of rotatable bonds is 7. The van der Waals surface area contributed by atoms with Gasteiger partial charge in [-0.05, 0) is 61.8 Å². The highest BCUT2D eigenvalue weighted by atomic mass is 35.5. The van der Waals surface area contributed by atoms with E-state index in [1.165, 1.54) is 19.3 Å². The number of hydrogen-bond acceptors (Lipinski definition) is 4. The van der Waals surface area contributed by atoms with Crippen LogP contribution in [0.1, 0.15) is 44.9 Å². The molecular formula is C22H31ClN2O3. The number of fused-ring (bicyclic) bond motifs is 1. The predicted molar refractivity (Wildman–Crippen MR) is 111 cm³/mol. The van der Waals surface area contributed by atoms with E-state index in [1.54, 1.807) is 0 Å². The molecule has 2 saturated carbocycles. The Hall–Kier alpha value is -1.30. The number of β-amino-alcohol motifs (C(OH)–C–C–N with tert-alkyl or cyclic N) is 1. The van der Waals surface area contributed by atoms with Crippen LogP contribution in [0.15, 0.2) is 24.3 Å². The summed E-state index contributed by atoms with van der Waals surface area (Å²) in [6.45, 7) is 1.77. The summed E-state index contributed by atoms with van der Waals surface area (Å²) >= 11 is 6.02. The van der Waals surface area contributed by atoms with E-state index in [-0.39, 0.29) is 0 Å². The third-order valence-electron chi connectivity index (χ3n) is 6.79. The number of halogens is 1. The number of anilines is 1. The van der Waals surface area contributed by atoms with E-state index < -0.39 is 18.1 Å². The first-order chi connectivity index (χ1) is 13.5. The number of nitrogens with zero attached hydrogens (tertiary/aromatic N) is 2. The number of carboxylic acids is 1. The van der Waals surface area contributed by atoms with Gasteiger partial charge in [-0.2, -0.15) is 0 Å². The molecule has 1 aromatic carbocycles. The predicted octanol–water partition coefficient (Wildman–Crippen LogP) is 3.64. The average Bonchev–Trinajstić information content (AvgIpc) is 3.51. The molecular weight excluding hydrogens is 376 g/mol. The zero-order valence-corrected chi connectivity index (χ0v) is 17.1. The number of aliphatic carboxylic acids is 1. The first-order valence-corrected chi connectivity index (χ1v) is 11.1. The second kappa shape index (κ2) is 8.60. The number of benzene rings is 1. The Labute approximate surface area is 172 Å². The molecule has 1 saturated heterocycles. The van der Waals surface area contributed by atoms with E-state index in [2.05, 4.69) is 4.90 Å². The van der Waals surface area contributed by atoms with Gasteiger partial charge in [-0.1, -0.05) is 30.9 Å². The minimum atomic E-state index is -0.743. The van der Waals surface area contributed by atoms with Gasteiger partial charge >= 0.3 is 5.97 Å². The van der Waals surface area contributed by atoms with E-state index >= 15 is 0 Å². The minimum Gasteiger partial charge on any atom is -0.480 e. The zero-order valence-electron chi connectivity index (χ0n) is 16.3. The molecule has 4 atom stereocenters. The van der Waals surface area contributed by atoms with Gasteiger partial charge in [-0.15, -0.1) is 0 Å². The smallest absolute Gasteiger partial charge is 0.320 e. The van der Waals surface area contributed by atoms with Crippen LogP contribution in [-0.2, 0) is 4.79 Å². The van der Waals surface area contributed by atoms with Crippen molar-refractivity contribution in [3.05, 3.63) is 29.3 Å². The summed E-state index contributed by atoms with van der Waals surface area (Å²) in [7, 11) is 0. The fraction of sp³-hybridized carbons (Fsp3) is 0.682. The maximum atomic E-state index is 11.9.